The van der Waals surface area contributed by atoms with Crippen molar-refractivity contribution in [3.63, 3.8) is 0 Å². The van der Waals surface area contributed by atoms with Gasteiger partial charge < -0.3 is 11.5 Å². The topological polar surface area (TPSA) is 120 Å². The van der Waals surface area contributed by atoms with Gasteiger partial charge in [-0.2, -0.15) is 26.3 Å². The van der Waals surface area contributed by atoms with Gasteiger partial charge in [-0.25, -0.2) is 12.8 Å². The normalized spacial score (nSPS) is 23.2. The summed E-state index contributed by atoms with van der Waals surface area (Å²) in [4.78, 5) is 26.6. The Kier molecular flexibility index (Phi) is 8.00. The molecule has 1 aliphatic rings. The second-order valence-corrected chi connectivity index (χ2v) is 13.1. The number of rotatable bonds is 7. The maximum Gasteiger partial charge on any atom is 0.435 e. The number of hydrogen-bond donors (Lipinski definition) is 2. The average Bonchev–Trinajstić information content (AvgIpc) is 2.68. The number of benzene rings is 1. The van der Waals surface area contributed by atoms with Gasteiger partial charge >= 0.3 is 18.0 Å². The first-order chi connectivity index (χ1) is 16.8. The highest BCUT2D eigenvalue weighted by molar-refractivity contribution is 14.1. The molecule has 38 heavy (non-hydrogen) atoms. The summed E-state index contributed by atoms with van der Waals surface area (Å²) < 4.78 is 120. The smallest absolute Gasteiger partial charge is 0.369 e. The molecule has 2 amide bonds. The van der Waals surface area contributed by atoms with Crippen LogP contribution in [0.3, 0.4) is 0 Å². The van der Waals surface area contributed by atoms with E-state index >= 15 is 0 Å². The molecule has 2 atom stereocenters. The van der Waals surface area contributed by atoms with E-state index in [0.29, 0.717) is 6.07 Å². The molecule has 0 aliphatic heterocycles. The first kappa shape index (κ1) is 32.0. The van der Waals surface area contributed by atoms with Gasteiger partial charge in [0.1, 0.15) is 20.7 Å². The Hall–Kier alpha value is -2.17. The number of sulfone groups is 1. The summed E-state index contributed by atoms with van der Waals surface area (Å²) in [5.41, 5.74) is -3.16. The van der Waals surface area contributed by atoms with Gasteiger partial charge in [0.2, 0.25) is 11.8 Å². The van der Waals surface area contributed by atoms with E-state index in [1.165, 1.54) is 26.0 Å². The number of allylic oxidation sites excluding steroid dienone is 2. The number of halogens is 8. The minimum atomic E-state index is -6.39. The molecule has 2 rings (SSSR count). The molecule has 0 saturated carbocycles. The van der Waals surface area contributed by atoms with Gasteiger partial charge in [-0.1, -0.05) is 50.3 Å². The Morgan fingerprint density at radius 2 is 1.47 bits per heavy atom. The number of hydrogen-bond acceptors (Lipinski definition) is 4. The highest BCUT2D eigenvalue weighted by atomic mass is 127. The zero-order valence-electron chi connectivity index (χ0n) is 20.4. The van der Waals surface area contributed by atoms with E-state index < -0.39 is 72.8 Å². The van der Waals surface area contributed by atoms with E-state index in [2.05, 4.69) is 0 Å². The third-order valence-electron chi connectivity index (χ3n) is 6.77. The van der Waals surface area contributed by atoms with Crippen molar-refractivity contribution < 1.29 is 48.7 Å². The Morgan fingerprint density at radius 3 is 1.84 bits per heavy atom. The molecular formula is C23H24F7IN2O4S. The fraction of sp³-hybridized carbons (Fsp3) is 0.478. The minimum Gasteiger partial charge on any atom is -0.369 e. The molecule has 0 heterocycles. The molecule has 0 aromatic heterocycles. The van der Waals surface area contributed by atoms with Crippen LogP contribution in [0.1, 0.15) is 30.5 Å². The standard InChI is InChI=1S/C23H24F7IN2O4S/c1-12-10-13(21(24,22(25,26)27)23(28,29)30)7-8-14(12)19(16(32)34)9-5-6-15(31)20(19,17(33)35)18(2,3)11-38(4,36)37/h5-10H,11H2,1-4H3,(H2,32,34)(H2,33,35). The average molecular weight is 684 g/mol. The van der Waals surface area contributed by atoms with Crippen LogP contribution in [-0.4, -0.2) is 44.6 Å². The van der Waals surface area contributed by atoms with Gasteiger partial charge in [0.25, 0.3) is 0 Å². The van der Waals surface area contributed by atoms with Crippen LogP contribution in [0, 0.1) is 17.8 Å². The maximum absolute atomic E-state index is 14.8. The van der Waals surface area contributed by atoms with Crippen LogP contribution in [0.4, 0.5) is 30.7 Å². The molecule has 1 aromatic carbocycles. The number of amides is 2. The number of carbonyl (C=O) groups excluding carboxylic acids is 2. The highest BCUT2D eigenvalue weighted by Gasteiger charge is 2.74. The highest BCUT2D eigenvalue weighted by Crippen LogP contribution is 2.62. The summed E-state index contributed by atoms with van der Waals surface area (Å²) in [5, 5.41) is 0. The Bertz CT molecular complexity index is 1320. The summed E-state index contributed by atoms with van der Waals surface area (Å²) in [6.07, 6.45) is -8.22. The second-order valence-electron chi connectivity index (χ2n) is 9.80. The lowest BCUT2D eigenvalue weighted by Crippen LogP contribution is -2.67. The van der Waals surface area contributed by atoms with Crippen LogP contribution >= 0.6 is 22.6 Å². The zero-order chi connectivity index (χ0) is 29.9. The fourth-order valence-corrected chi connectivity index (χ4v) is 8.64. The Balaban J connectivity index is 3.08. The quantitative estimate of drug-likeness (QED) is 0.326. The summed E-state index contributed by atoms with van der Waals surface area (Å²) >= 11 is 1.65. The maximum atomic E-state index is 14.8. The lowest BCUT2D eigenvalue weighted by molar-refractivity contribution is -0.348. The van der Waals surface area contributed by atoms with Crippen molar-refractivity contribution in [1.82, 2.24) is 0 Å². The molecule has 1 aliphatic carbocycles. The van der Waals surface area contributed by atoms with E-state index in [9.17, 15) is 48.7 Å². The molecule has 0 saturated heterocycles. The Labute approximate surface area is 227 Å². The molecule has 4 N–H and O–H groups in total. The summed E-state index contributed by atoms with van der Waals surface area (Å²) in [6, 6.07) is 1.09. The number of primary amides is 2. The minimum absolute atomic E-state index is 0.0337. The molecule has 0 bridgehead atoms. The van der Waals surface area contributed by atoms with Crippen LogP contribution in [-0.2, 0) is 30.5 Å². The predicted octanol–water partition coefficient (Wildman–Crippen LogP) is 4.44. The molecule has 0 fully saturated rings. The Morgan fingerprint density at radius 1 is 0.974 bits per heavy atom. The molecule has 0 radical (unpaired) electrons. The third-order valence-corrected chi connectivity index (χ3v) is 9.18. The zero-order valence-corrected chi connectivity index (χ0v) is 23.4. The summed E-state index contributed by atoms with van der Waals surface area (Å²) in [5.74, 6) is -3.26. The van der Waals surface area contributed by atoms with Crippen LogP contribution in [0.2, 0.25) is 0 Å². The summed E-state index contributed by atoms with van der Waals surface area (Å²) in [6.45, 7) is 3.63. The summed E-state index contributed by atoms with van der Waals surface area (Å²) in [7, 11) is -3.87. The number of aryl methyl sites for hydroxylation is 1. The van der Waals surface area contributed by atoms with Gasteiger partial charge in [-0.3, -0.25) is 9.59 Å². The second kappa shape index (κ2) is 9.48. The largest absolute Gasteiger partial charge is 0.435 e. The van der Waals surface area contributed by atoms with Crippen molar-refractivity contribution in [2.24, 2.45) is 22.3 Å². The van der Waals surface area contributed by atoms with E-state index in [1.807, 2.05) is 0 Å². The monoisotopic (exact) mass is 684 g/mol. The molecule has 212 valence electrons. The van der Waals surface area contributed by atoms with Gasteiger partial charge in [-0.15, -0.1) is 0 Å². The van der Waals surface area contributed by atoms with Gasteiger partial charge in [-0.05, 0) is 46.1 Å². The first-order valence-electron chi connectivity index (χ1n) is 10.6. The van der Waals surface area contributed by atoms with Crippen molar-refractivity contribution in [3.05, 3.63) is 56.7 Å². The number of alkyl halides is 7. The molecular weight excluding hydrogens is 660 g/mol. The van der Waals surface area contributed by atoms with E-state index in [4.69, 9.17) is 11.5 Å². The van der Waals surface area contributed by atoms with Gasteiger partial charge in [0.15, 0.2) is 0 Å². The predicted molar refractivity (Wildman–Crippen MR) is 133 cm³/mol. The van der Waals surface area contributed by atoms with Crippen LogP contribution in [0.15, 0.2) is 40.0 Å². The third kappa shape index (κ3) is 4.52. The van der Waals surface area contributed by atoms with Crippen molar-refractivity contribution >= 4 is 44.2 Å². The van der Waals surface area contributed by atoms with Crippen molar-refractivity contribution in [2.45, 2.75) is 44.2 Å². The van der Waals surface area contributed by atoms with E-state index in [1.54, 1.807) is 22.6 Å². The molecule has 6 nitrogen and oxygen atoms in total. The van der Waals surface area contributed by atoms with Crippen LogP contribution in [0.25, 0.3) is 0 Å². The number of nitrogens with two attached hydrogens (primary N) is 2. The van der Waals surface area contributed by atoms with Crippen molar-refractivity contribution in [2.75, 3.05) is 12.0 Å². The van der Waals surface area contributed by atoms with Gasteiger partial charge in [0.05, 0.1) is 5.75 Å². The van der Waals surface area contributed by atoms with Gasteiger partial charge in [0, 0.05) is 15.4 Å². The van der Waals surface area contributed by atoms with E-state index in [-0.39, 0.29) is 21.3 Å². The molecule has 15 heteroatoms. The molecule has 1 aromatic rings. The van der Waals surface area contributed by atoms with Crippen molar-refractivity contribution in [3.8, 4) is 0 Å². The lowest BCUT2D eigenvalue weighted by atomic mass is 9.47. The SMILES string of the molecule is Cc1cc(C(F)(C(F)(F)F)C(F)(F)F)ccc1C1(C(N)=O)C=CC=C(I)C1(C(N)=O)C(C)(C)CS(C)(=O)=O. The molecule has 2 unspecified atom stereocenters. The fourth-order valence-electron chi connectivity index (χ4n) is 5.48. The lowest BCUT2D eigenvalue weighted by Gasteiger charge is -2.55. The first-order valence-corrected chi connectivity index (χ1v) is 13.8. The van der Waals surface area contributed by atoms with Crippen LogP contribution < -0.4 is 11.5 Å². The van der Waals surface area contributed by atoms with Crippen molar-refractivity contribution in [1.29, 1.82) is 0 Å². The van der Waals surface area contributed by atoms with Crippen LogP contribution in [0.5, 0.6) is 0 Å². The van der Waals surface area contributed by atoms with E-state index in [0.717, 1.165) is 19.3 Å². The number of carbonyl (C=O) groups is 2. The molecule has 0 spiro atoms.